The van der Waals surface area contributed by atoms with Crippen LogP contribution in [0.15, 0.2) is 23.2 Å². The second-order valence-electron chi connectivity index (χ2n) is 8.41. The summed E-state index contributed by atoms with van der Waals surface area (Å²) < 4.78 is 26.8. The van der Waals surface area contributed by atoms with E-state index in [0.717, 1.165) is 28.7 Å². The molecule has 1 aliphatic rings. The molecule has 3 heterocycles. The highest BCUT2D eigenvalue weighted by Crippen LogP contribution is 2.37. The van der Waals surface area contributed by atoms with E-state index in [0.29, 0.717) is 41.6 Å². The molecular weight excluding hydrogens is 414 g/mol. The van der Waals surface area contributed by atoms with Gasteiger partial charge in [0.25, 0.3) is 0 Å². The molecule has 0 radical (unpaired) electrons. The fourth-order valence-corrected chi connectivity index (χ4v) is 5.39. The van der Waals surface area contributed by atoms with Gasteiger partial charge in [-0.1, -0.05) is 20.8 Å². The van der Waals surface area contributed by atoms with Crippen LogP contribution in [0, 0.1) is 12.8 Å². The molecule has 164 valence electrons. The van der Waals surface area contributed by atoms with Crippen molar-refractivity contribution >= 4 is 33.1 Å². The second kappa shape index (κ2) is 7.71. The first-order valence-corrected chi connectivity index (χ1v) is 12.3. The van der Waals surface area contributed by atoms with Crippen molar-refractivity contribution in [2.45, 2.75) is 51.6 Å². The minimum absolute atomic E-state index is 0.0746. The van der Waals surface area contributed by atoms with Gasteiger partial charge < -0.3 is 9.47 Å². The van der Waals surface area contributed by atoms with Crippen molar-refractivity contribution < 1.29 is 13.2 Å². The third kappa shape index (κ3) is 3.60. The number of hydrogen-bond donors (Lipinski definition) is 0. The smallest absolute Gasteiger partial charge is 0.226 e. The molecule has 0 fully saturated rings. The van der Waals surface area contributed by atoms with Crippen molar-refractivity contribution in [1.82, 2.24) is 19.5 Å². The molecule has 0 bridgehead atoms. The van der Waals surface area contributed by atoms with Crippen LogP contribution in [0.4, 0.5) is 5.95 Å². The number of rotatable bonds is 5. The number of aryl methyl sites for hydroxylation is 2. The van der Waals surface area contributed by atoms with E-state index in [-0.39, 0.29) is 12.0 Å². The summed E-state index contributed by atoms with van der Waals surface area (Å²) >= 11 is 0. The highest BCUT2D eigenvalue weighted by atomic mass is 32.2. The van der Waals surface area contributed by atoms with Gasteiger partial charge in [0.05, 0.1) is 33.2 Å². The summed E-state index contributed by atoms with van der Waals surface area (Å²) in [5, 5.41) is 0. The topological polar surface area (TPSA) is 98.0 Å². The molecule has 0 spiro atoms. The first-order chi connectivity index (χ1) is 14.7. The van der Waals surface area contributed by atoms with Crippen molar-refractivity contribution in [1.29, 1.82) is 0 Å². The van der Waals surface area contributed by atoms with E-state index in [9.17, 15) is 13.2 Å². The largest absolute Gasteiger partial charge is 0.329 e. The Morgan fingerprint density at radius 2 is 1.97 bits per heavy atom. The lowest BCUT2D eigenvalue weighted by molar-refractivity contribution is 0.112. The van der Waals surface area contributed by atoms with Gasteiger partial charge >= 0.3 is 0 Å². The van der Waals surface area contributed by atoms with E-state index in [4.69, 9.17) is 4.98 Å². The normalized spacial score (nSPS) is 16.7. The summed E-state index contributed by atoms with van der Waals surface area (Å²) in [4.78, 5) is 27.6. The number of aldehydes is 1. The molecule has 9 heteroatoms. The van der Waals surface area contributed by atoms with Crippen molar-refractivity contribution in [3.8, 4) is 0 Å². The number of carbonyl (C=O) groups is 1. The molecule has 0 saturated carbocycles. The van der Waals surface area contributed by atoms with E-state index in [2.05, 4.69) is 33.3 Å². The van der Waals surface area contributed by atoms with Crippen LogP contribution in [0.25, 0.3) is 11.0 Å². The Morgan fingerprint density at radius 3 is 2.55 bits per heavy atom. The highest BCUT2D eigenvalue weighted by Gasteiger charge is 2.35. The molecule has 0 N–H and O–H groups in total. The molecule has 1 aliphatic heterocycles. The average molecular weight is 442 g/mol. The van der Waals surface area contributed by atoms with Crippen LogP contribution in [0.3, 0.4) is 0 Å². The Morgan fingerprint density at radius 1 is 1.23 bits per heavy atom. The van der Waals surface area contributed by atoms with Crippen molar-refractivity contribution in [2.75, 3.05) is 17.7 Å². The standard InChI is InChI=1S/C22H27N5O3S/c1-6-15-9-17-18(10-19(15)31(5,29)30)26-7-8-27(20(13(2)3)21(26)25-17)22-23-11-16(12-28)14(4)24-22/h9-13,20H,6-8H2,1-5H3. The van der Waals surface area contributed by atoms with Gasteiger partial charge in [0, 0.05) is 25.5 Å². The molecule has 4 rings (SSSR count). The fraction of sp³-hybridized carbons (Fsp3) is 0.455. The number of aromatic nitrogens is 4. The average Bonchev–Trinajstić information content (AvgIpc) is 3.08. The number of benzene rings is 1. The minimum atomic E-state index is -3.34. The van der Waals surface area contributed by atoms with Gasteiger partial charge in [0.1, 0.15) is 5.82 Å². The van der Waals surface area contributed by atoms with Gasteiger partial charge in [0.2, 0.25) is 5.95 Å². The molecule has 0 amide bonds. The number of sulfone groups is 1. The zero-order chi connectivity index (χ0) is 22.5. The summed E-state index contributed by atoms with van der Waals surface area (Å²) in [6.07, 6.45) is 4.20. The van der Waals surface area contributed by atoms with Crippen molar-refractivity contribution in [2.24, 2.45) is 5.92 Å². The third-order valence-electron chi connectivity index (χ3n) is 5.93. The van der Waals surface area contributed by atoms with Gasteiger partial charge in [-0.15, -0.1) is 0 Å². The maximum Gasteiger partial charge on any atom is 0.226 e. The Balaban J connectivity index is 1.88. The molecule has 1 aromatic carbocycles. The van der Waals surface area contributed by atoms with E-state index < -0.39 is 9.84 Å². The number of fused-ring (bicyclic) bond motifs is 3. The van der Waals surface area contributed by atoms with Gasteiger partial charge in [-0.2, -0.15) is 0 Å². The Kier molecular flexibility index (Phi) is 5.33. The molecule has 0 saturated heterocycles. The summed E-state index contributed by atoms with van der Waals surface area (Å²) in [7, 11) is -3.34. The minimum Gasteiger partial charge on any atom is -0.329 e. The lowest BCUT2D eigenvalue weighted by Gasteiger charge is -2.38. The maximum atomic E-state index is 12.4. The van der Waals surface area contributed by atoms with Crippen LogP contribution >= 0.6 is 0 Å². The highest BCUT2D eigenvalue weighted by molar-refractivity contribution is 7.90. The number of carbonyl (C=O) groups excluding carboxylic acids is 1. The van der Waals surface area contributed by atoms with E-state index in [1.807, 2.05) is 13.0 Å². The Hall–Kier alpha value is -2.81. The Bertz CT molecular complexity index is 1280. The summed E-state index contributed by atoms with van der Waals surface area (Å²) in [5.41, 5.74) is 3.56. The lowest BCUT2D eigenvalue weighted by atomic mass is 10.00. The van der Waals surface area contributed by atoms with Gasteiger partial charge in [-0.05, 0) is 37.0 Å². The van der Waals surface area contributed by atoms with E-state index >= 15 is 0 Å². The first-order valence-electron chi connectivity index (χ1n) is 10.4. The molecule has 2 aromatic heterocycles. The van der Waals surface area contributed by atoms with Crippen molar-refractivity contribution in [3.63, 3.8) is 0 Å². The molecular formula is C22H27N5O3S. The van der Waals surface area contributed by atoms with Crippen molar-refractivity contribution in [3.05, 3.63) is 41.0 Å². The lowest BCUT2D eigenvalue weighted by Crippen LogP contribution is -2.42. The maximum absolute atomic E-state index is 12.4. The monoisotopic (exact) mass is 441 g/mol. The van der Waals surface area contributed by atoms with Gasteiger partial charge in [0.15, 0.2) is 16.1 Å². The molecule has 1 unspecified atom stereocenters. The van der Waals surface area contributed by atoms with Crippen LogP contribution in [0.5, 0.6) is 0 Å². The molecule has 0 aliphatic carbocycles. The van der Waals surface area contributed by atoms with Crippen LogP contribution in [-0.2, 0) is 22.8 Å². The zero-order valence-electron chi connectivity index (χ0n) is 18.5. The van der Waals surface area contributed by atoms with Crippen LogP contribution in [0.2, 0.25) is 0 Å². The molecule has 1 atom stereocenters. The molecule has 3 aromatic rings. The number of imidazole rings is 1. The first kappa shape index (κ1) is 21.4. The third-order valence-corrected chi connectivity index (χ3v) is 7.10. The zero-order valence-corrected chi connectivity index (χ0v) is 19.3. The summed E-state index contributed by atoms with van der Waals surface area (Å²) in [5.74, 6) is 1.67. The molecule has 8 nitrogen and oxygen atoms in total. The predicted octanol–water partition coefficient (Wildman–Crippen LogP) is 3.13. The van der Waals surface area contributed by atoms with Gasteiger partial charge in [-0.25, -0.2) is 23.4 Å². The summed E-state index contributed by atoms with van der Waals surface area (Å²) in [6, 6.07) is 3.60. The van der Waals surface area contributed by atoms with Crippen LogP contribution in [0.1, 0.15) is 54.3 Å². The van der Waals surface area contributed by atoms with E-state index in [1.54, 1.807) is 19.2 Å². The number of nitrogens with zero attached hydrogens (tertiary/aromatic N) is 5. The fourth-order valence-electron chi connectivity index (χ4n) is 4.38. The molecule has 31 heavy (non-hydrogen) atoms. The second-order valence-corrected chi connectivity index (χ2v) is 10.4. The summed E-state index contributed by atoms with van der Waals surface area (Å²) in [6.45, 7) is 9.30. The SMILES string of the molecule is CCc1cc2nc3n(c2cc1S(C)(=O)=O)CCN(c1ncc(C=O)c(C)n1)C3C(C)C. The van der Waals surface area contributed by atoms with E-state index in [1.165, 1.54) is 6.26 Å². The number of anilines is 1. The van der Waals surface area contributed by atoms with Crippen LogP contribution in [-0.4, -0.2) is 47.0 Å². The van der Waals surface area contributed by atoms with Crippen LogP contribution < -0.4 is 4.90 Å². The Labute approximate surface area is 182 Å². The number of hydrogen-bond acceptors (Lipinski definition) is 7. The predicted molar refractivity (Wildman–Crippen MR) is 119 cm³/mol. The van der Waals surface area contributed by atoms with Gasteiger partial charge in [-0.3, -0.25) is 4.79 Å². The quantitative estimate of drug-likeness (QED) is 0.561.